The minimum Gasteiger partial charge on any atom is -0.364 e. The van der Waals surface area contributed by atoms with Crippen LogP contribution < -0.4 is 5.73 Å². The molecule has 0 saturated carbocycles. The second kappa shape index (κ2) is 4.01. The number of benzene rings is 1. The highest BCUT2D eigenvalue weighted by Crippen LogP contribution is 2.18. The van der Waals surface area contributed by atoms with Gasteiger partial charge in [-0.25, -0.2) is 0 Å². The van der Waals surface area contributed by atoms with Gasteiger partial charge in [0.15, 0.2) is 0 Å². The number of aromatic nitrogens is 2. The van der Waals surface area contributed by atoms with Crippen LogP contribution in [0.4, 0.5) is 0 Å². The van der Waals surface area contributed by atoms with Gasteiger partial charge in [-0.3, -0.25) is 9.89 Å². The molecule has 2 aromatic rings. The van der Waals surface area contributed by atoms with Gasteiger partial charge < -0.3 is 5.73 Å². The molecule has 2 rings (SSSR count). The van der Waals surface area contributed by atoms with E-state index >= 15 is 0 Å². The summed E-state index contributed by atoms with van der Waals surface area (Å²) in [6.07, 6.45) is 0. The molecule has 0 fully saturated rings. The summed E-state index contributed by atoms with van der Waals surface area (Å²) in [4.78, 5) is 10.8. The fourth-order valence-electron chi connectivity index (χ4n) is 1.22. The molecular weight excluding hydrogens is 305 g/mol. The highest BCUT2D eigenvalue weighted by atomic mass is 127. The molecule has 1 aromatic carbocycles. The van der Waals surface area contributed by atoms with Crippen molar-refractivity contribution in [3.63, 3.8) is 0 Å². The summed E-state index contributed by atoms with van der Waals surface area (Å²) in [7, 11) is 0. The van der Waals surface area contributed by atoms with Gasteiger partial charge in [0.05, 0.1) is 5.69 Å². The number of carbonyl (C=O) groups is 1. The Morgan fingerprint density at radius 3 is 2.53 bits per heavy atom. The Labute approximate surface area is 100 Å². The molecular formula is C10H8IN3O. The van der Waals surface area contributed by atoms with Gasteiger partial charge >= 0.3 is 0 Å². The first-order valence-corrected chi connectivity index (χ1v) is 5.36. The Bertz CT molecular complexity index is 490. The van der Waals surface area contributed by atoms with Crippen LogP contribution in [0.3, 0.4) is 0 Å². The fourth-order valence-corrected chi connectivity index (χ4v) is 1.58. The van der Waals surface area contributed by atoms with Crippen LogP contribution >= 0.6 is 22.6 Å². The number of rotatable bonds is 2. The van der Waals surface area contributed by atoms with Crippen LogP contribution in [0.5, 0.6) is 0 Å². The number of hydrogen-bond donors (Lipinski definition) is 2. The molecule has 15 heavy (non-hydrogen) atoms. The van der Waals surface area contributed by atoms with Crippen LogP contribution in [0, 0.1) is 3.57 Å². The normalized spacial score (nSPS) is 10.2. The van der Waals surface area contributed by atoms with E-state index in [-0.39, 0.29) is 0 Å². The number of hydrogen-bond acceptors (Lipinski definition) is 2. The highest BCUT2D eigenvalue weighted by molar-refractivity contribution is 14.1. The van der Waals surface area contributed by atoms with Crippen LogP contribution in [-0.2, 0) is 0 Å². The summed E-state index contributed by atoms with van der Waals surface area (Å²) in [5.41, 5.74) is 7.12. The smallest absolute Gasteiger partial charge is 0.266 e. The van der Waals surface area contributed by atoms with Crippen LogP contribution in [-0.4, -0.2) is 16.1 Å². The minimum atomic E-state index is -0.501. The van der Waals surface area contributed by atoms with Gasteiger partial charge in [-0.2, -0.15) is 5.10 Å². The molecule has 0 radical (unpaired) electrons. The lowest BCUT2D eigenvalue weighted by molar-refractivity contribution is 0.0995. The standard InChI is InChI=1S/C10H8IN3O/c11-7-3-1-6(2-4-7)8-5-9(10(12)15)14-13-8/h1-5H,(H2,12,15)(H,13,14). The van der Waals surface area contributed by atoms with Crippen LogP contribution in [0.2, 0.25) is 0 Å². The fraction of sp³-hybridized carbons (Fsp3) is 0. The van der Waals surface area contributed by atoms with Gasteiger partial charge in [0.25, 0.3) is 5.91 Å². The molecule has 5 heteroatoms. The Morgan fingerprint density at radius 1 is 1.33 bits per heavy atom. The number of carbonyl (C=O) groups excluding carboxylic acids is 1. The largest absolute Gasteiger partial charge is 0.364 e. The van der Waals surface area contributed by atoms with Crippen molar-refractivity contribution in [2.24, 2.45) is 5.73 Å². The number of nitrogens with zero attached hydrogens (tertiary/aromatic N) is 1. The van der Waals surface area contributed by atoms with Gasteiger partial charge in [0.2, 0.25) is 0 Å². The first-order chi connectivity index (χ1) is 7.16. The van der Waals surface area contributed by atoms with Crippen molar-refractivity contribution in [3.05, 3.63) is 39.6 Å². The van der Waals surface area contributed by atoms with Crippen LogP contribution in [0.15, 0.2) is 30.3 Å². The highest BCUT2D eigenvalue weighted by Gasteiger charge is 2.06. The molecule has 0 aliphatic rings. The molecule has 76 valence electrons. The summed E-state index contributed by atoms with van der Waals surface area (Å²) in [5, 5.41) is 6.60. The van der Waals surface area contributed by atoms with E-state index < -0.39 is 5.91 Å². The lowest BCUT2D eigenvalue weighted by Gasteiger charge is -1.95. The second-order valence-electron chi connectivity index (χ2n) is 3.04. The third kappa shape index (κ3) is 2.17. The van der Waals surface area contributed by atoms with E-state index in [1.54, 1.807) is 6.07 Å². The summed E-state index contributed by atoms with van der Waals surface area (Å²) in [6.45, 7) is 0. The third-order valence-corrected chi connectivity index (χ3v) is 2.70. The van der Waals surface area contributed by atoms with Crippen molar-refractivity contribution < 1.29 is 4.79 Å². The maximum atomic E-state index is 10.8. The number of amides is 1. The molecule has 1 aromatic heterocycles. The third-order valence-electron chi connectivity index (χ3n) is 1.98. The topological polar surface area (TPSA) is 71.8 Å². The van der Waals surface area contributed by atoms with E-state index in [1.807, 2.05) is 24.3 Å². The zero-order valence-corrected chi connectivity index (χ0v) is 9.86. The quantitative estimate of drug-likeness (QED) is 0.830. The Hall–Kier alpha value is -1.37. The Balaban J connectivity index is 2.37. The van der Waals surface area contributed by atoms with Gasteiger partial charge in [0, 0.05) is 9.13 Å². The number of H-pyrrole nitrogens is 1. The maximum absolute atomic E-state index is 10.8. The van der Waals surface area contributed by atoms with E-state index in [0.29, 0.717) is 5.69 Å². The van der Waals surface area contributed by atoms with Gasteiger partial charge in [-0.05, 0) is 40.8 Å². The van der Waals surface area contributed by atoms with Crippen molar-refractivity contribution in [1.82, 2.24) is 10.2 Å². The minimum absolute atomic E-state index is 0.323. The maximum Gasteiger partial charge on any atom is 0.266 e. The van der Waals surface area contributed by atoms with Crippen molar-refractivity contribution in [2.75, 3.05) is 0 Å². The lowest BCUT2D eigenvalue weighted by atomic mass is 10.1. The molecule has 1 amide bonds. The molecule has 1 heterocycles. The van der Waals surface area contributed by atoms with Gasteiger partial charge in [0.1, 0.15) is 5.69 Å². The predicted octanol–water partition coefficient (Wildman–Crippen LogP) is 1.78. The summed E-state index contributed by atoms with van der Waals surface area (Å²) >= 11 is 2.23. The molecule has 3 N–H and O–H groups in total. The SMILES string of the molecule is NC(=O)c1cc(-c2ccc(I)cc2)n[nH]1. The van der Waals surface area contributed by atoms with E-state index in [2.05, 4.69) is 32.8 Å². The van der Waals surface area contributed by atoms with E-state index in [1.165, 1.54) is 0 Å². The predicted molar refractivity (Wildman–Crippen MR) is 65.3 cm³/mol. The Kier molecular flexibility index (Phi) is 2.72. The molecule has 0 spiro atoms. The average molecular weight is 313 g/mol. The van der Waals surface area contributed by atoms with Gasteiger partial charge in [-0.1, -0.05) is 12.1 Å². The molecule has 0 unspecified atom stereocenters. The molecule has 0 bridgehead atoms. The number of primary amides is 1. The second-order valence-corrected chi connectivity index (χ2v) is 4.28. The molecule has 0 aliphatic carbocycles. The van der Waals surface area contributed by atoms with E-state index in [4.69, 9.17) is 5.73 Å². The van der Waals surface area contributed by atoms with Crippen molar-refractivity contribution in [3.8, 4) is 11.3 Å². The van der Waals surface area contributed by atoms with Crippen LogP contribution in [0.1, 0.15) is 10.5 Å². The van der Waals surface area contributed by atoms with Crippen molar-refractivity contribution in [2.45, 2.75) is 0 Å². The molecule has 4 nitrogen and oxygen atoms in total. The number of nitrogens with one attached hydrogen (secondary N) is 1. The van der Waals surface area contributed by atoms with E-state index in [9.17, 15) is 4.79 Å². The number of nitrogens with two attached hydrogens (primary N) is 1. The summed E-state index contributed by atoms with van der Waals surface area (Å²) < 4.78 is 1.15. The monoisotopic (exact) mass is 313 g/mol. The van der Waals surface area contributed by atoms with Gasteiger partial charge in [-0.15, -0.1) is 0 Å². The van der Waals surface area contributed by atoms with E-state index in [0.717, 1.165) is 14.8 Å². The number of aromatic amines is 1. The van der Waals surface area contributed by atoms with Crippen LogP contribution in [0.25, 0.3) is 11.3 Å². The molecule has 0 saturated heterocycles. The summed E-state index contributed by atoms with van der Waals surface area (Å²) in [6, 6.07) is 9.50. The molecule has 0 aliphatic heterocycles. The summed E-state index contributed by atoms with van der Waals surface area (Å²) in [5.74, 6) is -0.501. The Morgan fingerprint density at radius 2 is 2.00 bits per heavy atom. The first kappa shape index (κ1) is 10.2. The lowest BCUT2D eigenvalue weighted by Crippen LogP contribution is -2.10. The molecule has 0 atom stereocenters. The van der Waals surface area contributed by atoms with Crippen molar-refractivity contribution >= 4 is 28.5 Å². The van der Waals surface area contributed by atoms with Crippen molar-refractivity contribution in [1.29, 1.82) is 0 Å². The zero-order valence-electron chi connectivity index (χ0n) is 7.70. The zero-order chi connectivity index (χ0) is 10.8. The number of halogens is 1. The first-order valence-electron chi connectivity index (χ1n) is 4.28. The average Bonchev–Trinajstić information content (AvgIpc) is 2.68.